The van der Waals surface area contributed by atoms with E-state index in [2.05, 4.69) is 14.9 Å². The van der Waals surface area contributed by atoms with Gasteiger partial charge in [-0.25, -0.2) is 9.97 Å². The lowest BCUT2D eigenvalue weighted by molar-refractivity contribution is 0.0464. The molecule has 1 saturated carbocycles. The van der Waals surface area contributed by atoms with Gasteiger partial charge in [0.2, 0.25) is 0 Å². The molecule has 100 valence electrons. The van der Waals surface area contributed by atoms with Gasteiger partial charge in [-0.2, -0.15) is 0 Å². The zero-order chi connectivity index (χ0) is 13.4. The number of aromatic nitrogens is 2. The summed E-state index contributed by atoms with van der Waals surface area (Å²) >= 11 is 0. The lowest BCUT2D eigenvalue weighted by Crippen LogP contribution is -2.37. The molecule has 1 aliphatic carbocycles. The second kappa shape index (κ2) is 4.66. The summed E-state index contributed by atoms with van der Waals surface area (Å²) in [5, 5.41) is 10.3. The summed E-state index contributed by atoms with van der Waals surface area (Å²) in [5.41, 5.74) is 7.46. The molecule has 1 heterocycles. The number of hydrogen-bond donors (Lipinski definition) is 2. The van der Waals surface area contributed by atoms with Crippen molar-refractivity contribution in [2.75, 3.05) is 24.2 Å². The predicted molar refractivity (Wildman–Crippen MR) is 76.0 cm³/mol. The Bertz CT molecular complexity index is 595. The van der Waals surface area contributed by atoms with Crippen LogP contribution in [0, 0.1) is 5.92 Å². The average molecular weight is 258 g/mol. The minimum atomic E-state index is -0.115. The molecule has 5 nitrogen and oxygen atoms in total. The summed E-state index contributed by atoms with van der Waals surface area (Å²) in [4.78, 5) is 10.8. The molecule has 0 bridgehead atoms. The standard InChI is InChI=1S/C14H18N4O/c1-18(7-9-4-11(19)5-9)14-12-6-10(15)2-3-13(12)16-8-17-14/h2-3,6,8-9,11,19H,4-5,7,15H2,1H3. The first-order valence-corrected chi connectivity index (χ1v) is 6.53. The van der Waals surface area contributed by atoms with Crippen molar-refractivity contribution in [3.05, 3.63) is 24.5 Å². The summed E-state index contributed by atoms with van der Waals surface area (Å²) in [6, 6.07) is 5.68. The van der Waals surface area contributed by atoms with Crippen LogP contribution in [0.3, 0.4) is 0 Å². The number of rotatable bonds is 3. The fourth-order valence-corrected chi connectivity index (χ4v) is 2.69. The molecule has 0 aliphatic heterocycles. The number of benzene rings is 1. The van der Waals surface area contributed by atoms with Crippen molar-refractivity contribution in [2.24, 2.45) is 5.92 Å². The van der Waals surface area contributed by atoms with Crippen molar-refractivity contribution >= 4 is 22.4 Å². The van der Waals surface area contributed by atoms with E-state index in [9.17, 15) is 5.11 Å². The summed E-state index contributed by atoms with van der Waals surface area (Å²) in [7, 11) is 2.02. The molecule has 3 N–H and O–H groups in total. The molecular formula is C14H18N4O. The first-order chi connectivity index (χ1) is 9.13. The van der Waals surface area contributed by atoms with Gasteiger partial charge in [0.1, 0.15) is 12.1 Å². The number of nitrogen functional groups attached to an aromatic ring is 1. The number of fused-ring (bicyclic) bond motifs is 1. The number of anilines is 2. The highest BCUT2D eigenvalue weighted by molar-refractivity contribution is 5.91. The van der Waals surface area contributed by atoms with Crippen molar-refractivity contribution in [3.63, 3.8) is 0 Å². The van der Waals surface area contributed by atoms with Gasteiger partial charge in [0, 0.05) is 24.7 Å². The molecule has 0 spiro atoms. The monoisotopic (exact) mass is 258 g/mol. The van der Waals surface area contributed by atoms with E-state index >= 15 is 0 Å². The van der Waals surface area contributed by atoms with Gasteiger partial charge in [-0.05, 0) is 37.0 Å². The largest absolute Gasteiger partial charge is 0.399 e. The third kappa shape index (κ3) is 2.33. The molecule has 1 aromatic carbocycles. The van der Waals surface area contributed by atoms with Crippen molar-refractivity contribution in [2.45, 2.75) is 18.9 Å². The SMILES string of the molecule is CN(CC1CC(O)C1)c1ncnc2ccc(N)cc12. The van der Waals surface area contributed by atoms with Gasteiger partial charge in [-0.3, -0.25) is 0 Å². The second-order valence-electron chi connectivity index (χ2n) is 5.35. The molecule has 0 amide bonds. The molecule has 1 fully saturated rings. The molecule has 2 aromatic rings. The van der Waals surface area contributed by atoms with Crippen molar-refractivity contribution in [1.29, 1.82) is 0 Å². The zero-order valence-corrected chi connectivity index (χ0v) is 11.0. The third-order valence-corrected chi connectivity index (χ3v) is 3.74. The molecule has 0 saturated heterocycles. The van der Waals surface area contributed by atoms with Gasteiger partial charge in [0.15, 0.2) is 0 Å². The predicted octanol–water partition coefficient (Wildman–Crippen LogP) is 1.42. The van der Waals surface area contributed by atoms with Gasteiger partial charge in [-0.1, -0.05) is 0 Å². The Morgan fingerprint density at radius 1 is 1.37 bits per heavy atom. The Labute approximate surface area is 112 Å². The zero-order valence-electron chi connectivity index (χ0n) is 11.0. The molecule has 0 radical (unpaired) electrons. The Hall–Kier alpha value is -1.88. The molecule has 19 heavy (non-hydrogen) atoms. The number of aliphatic hydroxyl groups excluding tert-OH is 1. The fraction of sp³-hybridized carbons (Fsp3) is 0.429. The fourth-order valence-electron chi connectivity index (χ4n) is 2.69. The third-order valence-electron chi connectivity index (χ3n) is 3.74. The maximum Gasteiger partial charge on any atom is 0.139 e. The number of hydrogen-bond acceptors (Lipinski definition) is 5. The normalized spacial score (nSPS) is 22.2. The topological polar surface area (TPSA) is 75.3 Å². The summed E-state index contributed by atoms with van der Waals surface area (Å²) in [6.45, 7) is 0.901. The number of nitrogens with two attached hydrogens (primary N) is 1. The van der Waals surface area contributed by atoms with E-state index in [1.54, 1.807) is 6.33 Å². The Morgan fingerprint density at radius 2 is 2.16 bits per heavy atom. The van der Waals surface area contributed by atoms with Gasteiger partial charge in [0.25, 0.3) is 0 Å². The Balaban J connectivity index is 1.88. The van der Waals surface area contributed by atoms with Crippen molar-refractivity contribution in [1.82, 2.24) is 9.97 Å². The van der Waals surface area contributed by atoms with Crippen molar-refractivity contribution in [3.8, 4) is 0 Å². The van der Waals surface area contributed by atoms with E-state index in [1.807, 2.05) is 25.2 Å². The lowest BCUT2D eigenvalue weighted by Gasteiger charge is -2.35. The smallest absolute Gasteiger partial charge is 0.139 e. The lowest BCUT2D eigenvalue weighted by atomic mass is 9.82. The van der Waals surface area contributed by atoms with Crippen LogP contribution in [-0.2, 0) is 0 Å². The number of aliphatic hydroxyl groups is 1. The van der Waals surface area contributed by atoms with Crippen molar-refractivity contribution < 1.29 is 5.11 Å². The quantitative estimate of drug-likeness (QED) is 0.814. The molecule has 1 aliphatic rings. The van der Waals surface area contributed by atoms with Crippen LogP contribution in [-0.4, -0.2) is 34.8 Å². The number of nitrogens with zero attached hydrogens (tertiary/aromatic N) is 3. The van der Waals surface area contributed by atoms with E-state index in [4.69, 9.17) is 5.73 Å². The highest BCUT2D eigenvalue weighted by Crippen LogP contribution is 2.30. The molecule has 1 aromatic heterocycles. The van der Waals surface area contributed by atoms with E-state index in [0.29, 0.717) is 5.92 Å². The van der Waals surface area contributed by atoms with E-state index in [0.717, 1.165) is 41.8 Å². The van der Waals surface area contributed by atoms with Crippen LogP contribution in [0.4, 0.5) is 11.5 Å². The summed E-state index contributed by atoms with van der Waals surface area (Å²) < 4.78 is 0. The van der Waals surface area contributed by atoms with Gasteiger partial charge in [-0.15, -0.1) is 0 Å². The van der Waals surface area contributed by atoms with Crippen LogP contribution in [0.2, 0.25) is 0 Å². The Kier molecular flexibility index (Phi) is 2.98. The highest BCUT2D eigenvalue weighted by atomic mass is 16.3. The van der Waals surface area contributed by atoms with Crippen LogP contribution in [0.1, 0.15) is 12.8 Å². The molecule has 3 rings (SSSR count). The molecule has 0 unspecified atom stereocenters. The molecular weight excluding hydrogens is 240 g/mol. The maximum absolute atomic E-state index is 9.35. The minimum Gasteiger partial charge on any atom is -0.399 e. The molecule has 5 heteroatoms. The van der Waals surface area contributed by atoms with Gasteiger partial charge >= 0.3 is 0 Å². The average Bonchev–Trinajstić information content (AvgIpc) is 2.36. The maximum atomic E-state index is 9.35. The van der Waals surface area contributed by atoms with Crippen LogP contribution >= 0.6 is 0 Å². The summed E-state index contributed by atoms with van der Waals surface area (Å²) in [5.74, 6) is 1.45. The molecule has 0 atom stereocenters. The first-order valence-electron chi connectivity index (χ1n) is 6.53. The minimum absolute atomic E-state index is 0.115. The first kappa shape index (κ1) is 12.2. The summed E-state index contributed by atoms with van der Waals surface area (Å²) in [6.07, 6.45) is 3.24. The van der Waals surface area contributed by atoms with Crippen LogP contribution in [0.5, 0.6) is 0 Å². The van der Waals surface area contributed by atoms with Gasteiger partial charge < -0.3 is 15.7 Å². The van der Waals surface area contributed by atoms with Gasteiger partial charge in [0.05, 0.1) is 11.6 Å². The van der Waals surface area contributed by atoms with Crippen LogP contribution in [0.25, 0.3) is 10.9 Å². The highest BCUT2D eigenvalue weighted by Gasteiger charge is 2.28. The van der Waals surface area contributed by atoms with E-state index < -0.39 is 0 Å². The van der Waals surface area contributed by atoms with E-state index in [1.165, 1.54) is 0 Å². The van der Waals surface area contributed by atoms with Crippen LogP contribution in [0.15, 0.2) is 24.5 Å². The van der Waals surface area contributed by atoms with Crippen LogP contribution < -0.4 is 10.6 Å². The second-order valence-corrected chi connectivity index (χ2v) is 5.35. The van der Waals surface area contributed by atoms with E-state index in [-0.39, 0.29) is 6.10 Å². The Morgan fingerprint density at radius 3 is 2.89 bits per heavy atom.